The molecule has 0 saturated heterocycles. The molecular formula is C11F16. The van der Waals surface area contributed by atoms with Gasteiger partial charge in [0.1, 0.15) is 5.57 Å². The lowest BCUT2D eigenvalue weighted by Crippen LogP contribution is -2.56. The van der Waals surface area contributed by atoms with Crippen LogP contribution >= 0.6 is 0 Å². The summed E-state index contributed by atoms with van der Waals surface area (Å²) in [6, 6.07) is 0. The predicted molar refractivity (Wildman–Crippen MR) is 50.9 cm³/mol. The van der Waals surface area contributed by atoms with E-state index in [1.165, 1.54) is 0 Å². The van der Waals surface area contributed by atoms with Crippen molar-refractivity contribution in [2.75, 3.05) is 0 Å². The van der Waals surface area contributed by atoms with Gasteiger partial charge < -0.3 is 0 Å². The summed E-state index contributed by atoms with van der Waals surface area (Å²) in [6.45, 7) is 0. The fourth-order valence-electron chi connectivity index (χ4n) is 2.59. The van der Waals surface area contributed by atoms with E-state index in [0.717, 1.165) is 0 Å². The first-order valence-electron chi connectivity index (χ1n) is 6.02. The highest BCUT2D eigenvalue weighted by atomic mass is 19.4. The van der Waals surface area contributed by atoms with Crippen LogP contribution in [0.5, 0.6) is 0 Å². The molecule has 2 aliphatic rings. The van der Waals surface area contributed by atoms with E-state index in [-0.39, 0.29) is 0 Å². The van der Waals surface area contributed by atoms with Crippen LogP contribution < -0.4 is 0 Å². The van der Waals surface area contributed by atoms with Gasteiger partial charge in [0.15, 0.2) is 5.83 Å². The molecule has 0 spiro atoms. The van der Waals surface area contributed by atoms with Gasteiger partial charge in [-0.1, -0.05) is 0 Å². The standard InChI is InChI=1S/C11F16/c12-3-1(2(4(13)14)6(16,17)7(3,18)19)5(15)8(20,21)10(24,25)11(26,27)9(5,22)23. The number of hydrogen-bond donors (Lipinski definition) is 0. The molecule has 2 aliphatic carbocycles. The second-order valence-electron chi connectivity index (χ2n) is 5.43. The molecule has 0 N–H and O–H groups in total. The minimum absolute atomic E-state index is 4.17. The first-order valence-corrected chi connectivity index (χ1v) is 6.02. The maximum Gasteiger partial charge on any atom is 0.382 e. The molecule has 0 bridgehead atoms. The lowest BCUT2D eigenvalue weighted by atomic mass is 9.84. The summed E-state index contributed by atoms with van der Waals surface area (Å²) in [5.74, 6) is -48.0. The average Bonchev–Trinajstić information content (AvgIpc) is 2.64. The fourth-order valence-corrected chi connectivity index (χ4v) is 2.59. The molecule has 0 aromatic rings. The highest BCUT2D eigenvalue weighted by Gasteiger charge is 3.02. The maximum absolute atomic E-state index is 14.3. The Morgan fingerprint density at radius 3 is 1.15 bits per heavy atom. The SMILES string of the molecule is FC(F)=C1C(C2(F)C(F)(F)C(F)(F)C(F)(F)C2(F)F)=C(F)C(F)(F)C1(F)F. The van der Waals surface area contributed by atoms with Gasteiger partial charge in [0.2, 0.25) is 0 Å². The first-order chi connectivity index (χ1) is 11.6. The zero-order valence-electron chi connectivity index (χ0n) is 11.5. The van der Waals surface area contributed by atoms with Crippen LogP contribution in [0.25, 0.3) is 0 Å². The van der Waals surface area contributed by atoms with Crippen LogP contribution in [-0.4, -0.2) is 41.2 Å². The molecule has 0 amide bonds. The van der Waals surface area contributed by atoms with Gasteiger partial charge >= 0.3 is 35.5 Å². The molecule has 0 aromatic heterocycles. The molecule has 0 aliphatic heterocycles. The average molecular weight is 436 g/mol. The molecule has 0 aromatic carbocycles. The molecule has 0 unspecified atom stereocenters. The van der Waals surface area contributed by atoms with Crippen molar-refractivity contribution in [3.05, 3.63) is 23.1 Å². The molecule has 0 nitrogen and oxygen atoms in total. The number of halogens is 16. The van der Waals surface area contributed by atoms with Gasteiger partial charge in [-0.25, -0.2) is 8.78 Å². The smallest absolute Gasteiger partial charge is 0.224 e. The Bertz CT molecular complexity index is 722. The number of alkyl halides is 13. The molecule has 0 heterocycles. The summed E-state index contributed by atoms with van der Waals surface area (Å²) in [6.07, 6.45) is -4.37. The van der Waals surface area contributed by atoms with Gasteiger partial charge in [-0.2, -0.15) is 61.5 Å². The fraction of sp³-hybridized carbons (Fsp3) is 0.636. The third kappa shape index (κ3) is 1.80. The third-order valence-corrected chi connectivity index (χ3v) is 4.04. The van der Waals surface area contributed by atoms with Crippen molar-refractivity contribution in [1.29, 1.82) is 0 Å². The summed E-state index contributed by atoms with van der Waals surface area (Å²) in [7, 11) is 0. The topological polar surface area (TPSA) is 0 Å². The zero-order valence-corrected chi connectivity index (χ0v) is 11.5. The summed E-state index contributed by atoms with van der Waals surface area (Å²) in [4.78, 5) is 0. The largest absolute Gasteiger partial charge is 0.382 e. The van der Waals surface area contributed by atoms with E-state index in [9.17, 15) is 70.2 Å². The van der Waals surface area contributed by atoms with Crippen molar-refractivity contribution in [3.63, 3.8) is 0 Å². The molecule has 16 heteroatoms. The second kappa shape index (κ2) is 4.85. The van der Waals surface area contributed by atoms with Crippen LogP contribution in [0.2, 0.25) is 0 Å². The molecular weight excluding hydrogens is 436 g/mol. The zero-order chi connectivity index (χ0) is 21.8. The highest BCUT2D eigenvalue weighted by molar-refractivity contribution is 5.59. The Hall–Kier alpha value is -1.64. The van der Waals surface area contributed by atoms with Gasteiger partial charge in [-0.15, -0.1) is 0 Å². The van der Waals surface area contributed by atoms with Crippen LogP contribution in [0.4, 0.5) is 70.2 Å². The van der Waals surface area contributed by atoms with Gasteiger partial charge in [0.25, 0.3) is 11.7 Å². The van der Waals surface area contributed by atoms with E-state index in [0.29, 0.717) is 0 Å². The quantitative estimate of drug-likeness (QED) is 0.449. The highest BCUT2D eigenvalue weighted by Crippen LogP contribution is 2.74. The van der Waals surface area contributed by atoms with E-state index in [4.69, 9.17) is 0 Å². The molecule has 156 valence electrons. The van der Waals surface area contributed by atoms with E-state index >= 15 is 0 Å². The van der Waals surface area contributed by atoms with Gasteiger partial charge in [0.05, 0.1) is 5.57 Å². The minimum Gasteiger partial charge on any atom is -0.224 e. The Balaban J connectivity index is 3.07. The lowest BCUT2D eigenvalue weighted by Gasteiger charge is -2.32. The van der Waals surface area contributed by atoms with Crippen molar-refractivity contribution in [3.8, 4) is 0 Å². The van der Waals surface area contributed by atoms with Gasteiger partial charge in [-0.3, -0.25) is 0 Å². The molecule has 1 fully saturated rings. The normalized spacial score (nSPS) is 31.3. The van der Waals surface area contributed by atoms with Crippen LogP contribution in [0, 0.1) is 0 Å². The van der Waals surface area contributed by atoms with Crippen molar-refractivity contribution in [2.24, 2.45) is 0 Å². The number of rotatable bonds is 1. The number of allylic oxidation sites excluding steroid dienone is 3. The van der Waals surface area contributed by atoms with Gasteiger partial charge in [-0.05, 0) is 0 Å². The monoisotopic (exact) mass is 436 g/mol. The predicted octanol–water partition coefficient (Wildman–Crippen LogP) is 5.91. The Kier molecular flexibility index (Phi) is 3.89. The molecule has 0 radical (unpaired) electrons. The van der Waals surface area contributed by atoms with E-state index < -0.39 is 64.3 Å². The maximum atomic E-state index is 14.3. The van der Waals surface area contributed by atoms with Crippen LogP contribution in [-0.2, 0) is 0 Å². The van der Waals surface area contributed by atoms with E-state index in [1.807, 2.05) is 0 Å². The molecule has 27 heavy (non-hydrogen) atoms. The third-order valence-electron chi connectivity index (χ3n) is 4.04. The van der Waals surface area contributed by atoms with Crippen molar-refractivity contribution >= 4 is 0 Å². The summed E-state index contributed by atoms with van der Waals surface area (Å²) >= 11 is 0. The van der Waals surface area contributed by atoms with E-state index in [1.54, 1.807) is 0 Å². The summed E-state index contributed by atoms with van der Waals surface area (Å²) in [5, 5.41) is 0. The summed E-state index contributed by atoms with van der Waals surface area (Å²) in [5.41, 5.74) is -15.9. The Morgan fingerprint density at radius 1 is 0.519 bits per heavy atom. The lowest BCUT2D eigenvalue weighted by molar-refractivity contribution is -0.303. The van der Waals surface area contributed by atoms with E-state index in [2.05, 4.69) is 0 Å². The minimum atomic E-state index is -7.57. The summed E-state index contributed by atoms with van der Waals surface area (Å²) < 4.78 is 212. The molecule has 0 atom stereocenters. The van der Waals surface area contributed by atoms with Crippen molar-refractivity contribution in [2.45, 2.75) is 41.2 Å². The molecule has 1 saturated carbocycles. The van der Waals surface area contributed by atoms with Crippen LogP contribution in [0.15, 0.2) is 23.1 Å². The van der Waals surface area contributed by atoms with Gasteiger partial charge in [0, 0.05) is 0 Å². The first kappa shape index (κ1) is 21.7. The second-order valence-corrected chi connectivity index (χ2v) is 5.43. The molecule has 2 rings (SSSR count). The Labute approximate surface area is 136 Å². The van der Waals surface area contributed by atoms with Crippen LogP contribution in [0.1, 0.15) is 0 Å². The van der Waals surface area contributed by atoms with Crippen molar-refractivity contribution < 1.29 is 70.2 Å². The number of hydrogen-bond acceptors (Lipinski definition) is 0. The Morgan fingerprint density at radius 2 is 0.852 bits per heavy atom. The van der Waals surface area contributed by atoms with Crippen LogP contribution in [0.3, 0.4) is 0 Å². The van der Waals surface area contributed by atoms with Crippen molar-refractivity contribution in [1.82, 2.24) is 0 Å².